The van der Waals surface area contributed by atoms with Crippen LogP contribution in [0.4, 0.5) is 4.79 Å². The number of likely N-dealkylation sites (tertiary alicyclic amines) is 1. The molecule has 27 heavy (non-hydrogen) atoms. The molecule has 1 atom stereocenters. The molecule has 0 saturated carbocycles. The second-order valence-electron chi connectivity index (χ2n) is 7.57. The van der Waals surface area contributed by atoms with Crippen LogP contribution >= 0.6 is 23.2 Å². The summed E-state index contributed by atoms with van der Waals surface area (Å²) < 4.78 is 0. The van der Waals surface area contributed by atoms with Gasteiger partial charge in [0.15, 0.2) is 0 Å². The largest absolute Gasteiger partial charge is 0.331 e. The molecule has 2 amide bonds. The minimum atomic E-state index is -0.247. The Kier molecular flexibility index (Phi) is 7.85. The van der Waals surface area contributed by atoms with E-state index >= 15 is 0 Å². The summed E-state index contributed by atoms with van der Waals surface area (Å²) in [6, 6.07) is 3.68. The van der Waals surface area contributed by atoms with Gasteiger partial charge in [0.05, 0.1) is 16.1 Å². The molecule has 1 aromatic carbocycles. The number of benzene rings is 1. The van der Waals surface area contributed by atoms with E-state index in [2.05, 4.69) is 29.1 Å². The van der Waals surface area contributed by atoms with Gasteiger partial charge in [-0.25, -0.2) is 4.79 Å². The van der Waals surface area contributed by atoms with Gasteiger partial charge in [-0.05, 0) is 51.5 Å². The first-order valence-electron chi connectivity index (χ1n) is 9.42. The highest BCUT2D eigenvalue weighted by Crippen LogP contribution is 2.33. The molecule has 0 aromatic heterocycles. The number of nitrogens with zero attached hydrogens (tertiary/aromatic N) is 2. The van der Waals surface area contributed by atoms with Crippen LogP contribution in [0, 0.1) is 17.8 Å². The summed E-state index contributed by atoms with van der Waals surface area (Å²) in [5.74, 6) is 6.41. The number of urea groups is 1. The van der Waals surface area contributed by atoms with Crippen LogP contribution in [0.25, 0.3) is 0 Å². The number of hydrogen-bond donors (Lipinski definition) is 1. The van der Waals surface area contributed by atoms with Crippen LogP contribution in [0.1, 0.15) is 50.8 Å². The first kappa shape index (κ1) is 21.9. The van der Waals surface area contributed by atoms with Gasteiger partial charge in [0.1, 0.15) is 0 Å². The smallest absolute Gasteiger partial charge is 0.317 e. The fourth-order valence-corrected chi connectivity index (χ4v) is 3.68. The number of nitrogens with one attached hydrogen (secondary N) is 1. The van der Waals surface area contributed by atoms with E-state index < -0.39 is 0 Å². The third-order valence-electron chi connectivity index (χ3n) is 4.97. The lowest BCUT2D eigenvalue weighted by Crippen LogP contribution is -2.48. The standard InChI is InChI=1S/C21H29Cl2N3O/c1-14(2)6-7-16-8-9-18(20(23)19(16)22)15(3)24-21(27)26(5)17-10-12-25(4)13-11-17/h8-9,14-15,17H,10-13H2,1-5H3,(H,24,27). The number of halogens is 2. The predicted octanol–water partition coefficient (Wildman–Crippen LogP) is 4.80. The average Bonchev–Trinajstić information content (AvgIpc) is 2.62. The van der Waals surface area contributed by atoms with E-state index in [0.29, 0.717) is 15.6 Å². The van der Waals surface area contributed by atoms with E-state index in [1.807, 2.05) is 44.9 Å². The van der Waals surface area contributed by atoms with Gasteiger partial charge in [0.2, 0.25) is 0 Å². The third kappa shape index (κ3) is 5.78. The second kappa shape index (κ2) is 9.68. The summed E-state index contributed by atoms with van der Waals surface area (Å²) in [5.41, 5.74) is 1.50. The van der Waals surface area contributed by atoms with Gasteiger partial charge in [-0.15, -0.1) is 0 Å². The zero-order valence-corrected chi connectivity index (χ0v) is 18.3. The summed E-state index contributed by atoms with van der Waals surface area (Å²) >= 11 is 12.9. The molecule has 6 heteroatoms. The van der Waals surface area contributed by atoms with Gasteiger partial charge in [-0.2, -0.15) is 0 Å². The molecular formula is C21H29Cl2N3O. The third-order valence-corrected chi connectivity index (χ3v) is 5.87. The Bertz CT molecular complexity index is 731. The van der Waals surface area contributed by atoms with E-state index in [0.717, 1.165) is 31.5 Å². The van der Waals surface area contributed by atoms with Crippen molar-refractivity contribution in [2.24, 2.45) is 5.92 Å². The maximum Gasteiger partial charge on any atom is 0.317 e. The molecule has 1 unspecified atom stereocenters. The molecular weight excluding hydrogens is 381 g/mol. The number of piperidine rings is 1. The van der Waals surface area contributed by atoms with Crippen molar-refractivity contribution in [3.8, 4) is 11.8 Å². The highest BCUT2D eigenvalue weighted by Gasteiger charge is 2.25. The van der Waals surface area contributed by atoms with Crippen molar-refractivity contribution in [2.45, 2.75) is 45.7 Å². The van der Waals surface area contributed by atoms with Crippen LogP contribution in [-0.4, -0.2) is 49.1 Å². The summed E-state index contributed by atoms with van der Waals surface area (Å²) in [4.78, 5) is 16.7. The van der Waals surface area contributed by atoms with Crippen LogP contribution in [0.3, 0.4) is 0 Å². The van der Waals surface area contributed by atoms with E-state index in [9.17, 15) is 4.79 Å². The minimum Gasteiger partial charge on any atom is -0.331 e. The zero-order valence-electron chi connectivity index (χ0n) is 16.8. The van der Waals surface area contributed by atoms with Crippen LogP contribution in [0.5, 0.6) is 0 Å². The van der Waals surface area contributed by atoms with Crippen molar-refractivity contribution in [1.29, 1.82) is 0 Å². The quantitative estimate of drug-likeness (QED) is 0.727. The number of carbonyl (C=O) groups excluding carboxylic acids is 1. The first-order chi connectivity index (χ1) is 12.7. The van der Waals surface area contributed by atoms with E-state index in [1.165, 1.54) is 0 Å². The average molecular weight is 410 g/mol. The van der Waals surface area contributed by atoms with Crippen LogP contribution in [-0.2, 0) is 0 Å². The van der Waals surface area contributed by atoms with E-state index in [1.54, 1.807) is 0 Å². The molecule has 4 nitrogen and oxygen atoms in total. The Morgan fingerprint density at radius 1 is 1.22 bits per heavy atom. The Morgan fingerprint density at radius 2 is 1.85 bits per heavy atom. The Hall–Kier alpha value is -1.41. The lowest BCUT2D eigenvalue weighted by atomic mass is 10.0. The lowest BCUT2D eigenvalue weighted by Gasteiger charge is -2.35. The molecule has 1 N–H and O–H groups in total. The normalized spacial score (nSPS) is 16.6. The number of rotatable bonds is 3. The number of amides is 2. The molecule has 148 valence electrons. The fraction of sp³-hybridized carbons (Fsp3) is 0.571. The summed E-state index contributed by atoms with van der Waals surface area (Å²) in [5, 5.41) is 3.92. The van der Waals surface area contributed by atoms with Gasteiger partial charge in [-0.1, -0.05) is 55.0 Å². The Balaban J connectivity index is 2.07. The molecule has 1 saturated heterocycles. The lowest BCUT2D eigenvalue weighted by molar-refractivity contribution is 0.146. The Morgan fingerprint density at radius 3 is 2.44 bits per heavy atom. The second-order valence-corrected chi connectivity index (χ2v) is 8.33. The maximum absolute atomic E-state index is 12.7. The summed E-state index contributed by atoms with van der Waals surface area (Å²) in [7, 11) is 3.97. The van der Waals surface area contributed by atoms with E-state index in [4.69, 9.17) is 23.2 Å². The molecule has 0 spiro atoms. The molecule has 2 rings (SSSR count). The van der Waals surface area contributed by atoms with Gasteiger partial charge in [-0.3, -0.25) is 0 Å². The van der Waals surface area contributed by atoms with Crippen molar-refractivity contribution >= 4 is 29.2 Å². The molecule has 1 aliphatic rings. The molecule has 1 heterocycles. The van der Waals surface area contributed by atoms with Crippen molar-refractivity contribution < 1.29 is 4.79 Å². The molecule has 1 aliphatic heterocycles. The number of carbonyl (C=O) groups is 1. The zero-order chi connectivity index (χ0) is 20.1. The molecule has 1 fully saturated rings. The van der Waals surface area contributed by atoms with Crippen molar-refractivity contribution in [3.63, 3.8) is 0 Å². The van der Waals surface area contributed by atoms with Gasteiger partial charge in [0.25, 0.3) is 0 Å². The Labute approximate surface area is 173 Å². The van der Waals surface area contributed by atoms with Crippen LogP contribution in [0.15, 0.2) is 12.1 Å². The van der Waals surface area contributed by atoms with Crippen molar-refractivity contribution in [3.05, 3.63) is 33.3 Å². The summed E-state index contributed by atoms with van der Waals surface area (Å²) in [6.45, 7) is 7.98. The molecule has 0 radical (unpaired) electrons. The van der Waals surface area contributed by atoms with Crippen LogP contribution in [0.2, 0.25) is 10.0 Å². The molecule has 0 aliphatic carbocycles. The van der Waals surface area contributed by atoms with Gasteiger partial charge >= 0.3 is 6.03 Å². The maximum atomic E-state index is 12.7. The number of hydrogen-bond acceptors (Lipinski definition) is 2. The topological polar surface area (TPSA) is 35.6 Å². The highest BCUT2D eigenvalue weighted by molar-refractivity contribution is 6.43. The first-order valence-corrected chi connectivity index (χ1v) is 10.2. The van der Waals surface area contributed by atoms with Crippen LogP contribution < -0.4 is 5.32 Å². The monoisotopic (exact) mass is 409 g/mol. The SMILES string of the molecule is CC(C)C#Cc1ccc(C(C)NC(=O)N(C)C2CCN(C)CC2)c(Cl)c1Cl. The molecule has 1 aromatic rings. The molecule has 0 bridgehead atoms. The minimum absolute atomic E-state index is 0.0899. The predicted molar refractivity (Wildman–Crippen MR) is 113 cm³/mol. The van der Waals surface area contributed by atoms with Crippen molar-refractivity contribution in [1.82, 2.24) is 15.1 Å². The highest BCUT2D eigenvalue weighted by atomic mass is 35.5. The van der Waals surface area contributed by atoms with Gasteiger partial charge < -0.3 is 15.1 Å². The van der Waals surface area contributed by atoms with Crippen molar-refractivity contribution in [2.75, 3.05) is 27.2 Å². The summed E-state index contributed by atoms with van der Waals surface area (Å²) in [6.07, 6.45) is 1.98. The van der Waals surface area contributed by atoms with E-state index in [-0.39, 0.29) is 24.0 Å². The van der Waals surface area contributed by atoms with Gasteiger partial charge in [0, 0.05) is 24.6 Å². The fourth-order valence-electron chi connectivity index (χ4n) is 3.13.